The van der Waals surface area contributed by atoms with E-state index in [0.717, 1.165) is 50.4 Å². The Morgan fingerprint density at radius 1 is 0.975 bits per heavy atom. The molecule has 12 heteroatoms. The molecule has 11 nitrogen and oxygen atoms in total. The van der Waals surface area contributed by atoms with Crippen LogP contribution in [0.2, 0.25) is 0 Å². The lowest BCUT2D eigenvalue weighted by Crippen LogP contribution is -2.41. The third kappa shape index (κ3) is 6.01. The molecule has 3 aliphatic rings. The molecule has 0 bridgehead atoms. The monoisotopic (exact) mass is 550 g/mol. The van der Waals surface area contributed by atoms with E-state index in [4.69, 9.17) is 5.10 Å². The predicted molar refractivity (Wildman–Crippen MR) is 148 cm³/mol. The SMILES string of the molecule is O=C(Nc1ccncc1F)c1cnc2c(NC3CC3)cc(NC3CCC(CC(=O)N4CCC(O)CC4)CC3)nn12. The van der Waals surface area contributed by atoms with Gasteiger partial charge in [0, 0.05) is 43.9 Å². The van der Waals surface area contributed by atoms with Gasteiger partial charge in [-0.25, -0.2) is 13.9 Å². The van der Waals surface area contributed by atoms with E-state index in [2.05, 4.69) is 25.9 Å². The summed E-state index contributed by atoms with van der Waals surface area (Å²) >= 11 is 0. The van der Waals surface area contributed by atoms with Gasteiger partial charge in [-0.2, -0.15) is 0 Å². The average Bonchev–Trinajstić information content (AvgIpc) is 3.66. The maximum Gasteiger partial charge on any atom is 0.276 e. The van der Waals surface area contributed by atoms with Crippen LogP contribution in [0.3, 0.4) is 0 Å². The van der Waals surface area contributed by atoms with Crippen molar-refractivity contribution in [2.24, 2.45) is 5.92 Å². The van der Waals surface area contributed by atoms with Crippen LogP contribution in [-0.4, -0.2) is 72.7 Å². The molecule has 2 amide bonds. The van der Waals surface area contributed by atoms with Crippen molar-refractivity contribution in [3.8, 4) is 0 Å². The van der Waals surface area contributed by atoms with Crippen molar-refractivity contribution in [3.05, 3.63) is 42.2 Å². The Kier molecular flexibility index (Phi) is 7.50. The molecule has 4 N–H and O–H groups in total. The molecule has 2 aliphatic carbocycles. The van der Waals surface area contributed by atoms with Crippen LogP contribution in [0, 0.1) is 11.7 Å². The van der Waals surface area contributed by atoms with Crippen molar-refractivity contribution in [1.29, 1.82) is 0 Å². The number of fused-ring (bicyclic) bond motifs is 1. The fraction of sp³-hybridized carbons (Fsp3) is 0.536. The fourth-order valence-corrected chi connectivity index (χ4v) is 5.62. The molecular formula is C28H35FN8O3. The lowest BCUT2D eigenvalue weighted by atomic mass is 9.83. The number of carbonyl (C=O) groups is 2. The van der Waals surface area contributed by atoms with Gasteiger partial charge in [-0.3, -0.25) is 14.6 Å². The molecule has 3 aromatic rings. The van der Waals surface area contributed by atoms with Crippen molar-refractivity contribution in [1.82, 2.24) is 24.5 Å². The fourth-order valence-electron chi connectivity index (χ4n) is 5.62. The molecule has 0 aromatic carbocycles. The highest BCUT2D eigenvalue weighted by Crippen LogP contribution is 2.32. The summed E-state index contributed by atoms with van der Waals surface area (Å²) in [4.78, 5) is 35.9. The predicted octanol–water partition coefficient (Wildman–Crippen LogP) is 3.43. The molecule has 6 rings (SSSR count). The number of rotatable bonds is 8. The third-order valence-electron chi connectivity index (χ3n) is 8.14. The zero-order valence-electron chi connectivity index (χ0n) is 22.4. The Morgan fingerprint density at radius 2 is 1.70 bits per heavy atom. The van der Waals surface area contributed by atoms with Gasteiger partial charge in [0.2, 0.25) is 5.91 Å². The molecule has 0 radical (unpaired) electrons. The van der Waals surface area contributed by atoms with Gasteiger partial charge in [0.15, 0.2) is 17.2 Å². The molecule has 0 unspecified atom stereocenters. The Balaban J connectivity index is 1.13. The summed E-state index contributed by atoms with van der Waals surface area (Å²) in [5.74, 6) is 0.0431. The summed E-state index contributed by atoms with van der Waals surface area (Å²) in [5, 5.41) is 24.0. The van der Waals surface area contributed by atoms with Crippen LogP contribution in [0.25, 0.3) is 5.65 Å². The summed E-state index contributed by atoms with van der Waals surface area (Å²) in [6.45, 7) is 1.29. The molecule has 1 saturated heterocycles. The first kappa shape index (κ1) is 26.4. The standard InChI is InChI=1S/C28H35FN8O3/c29-21-15-30-10-7-22(21)34-28(40)24-16-31-27-23(32-18-5-6-18)14-25(35-37(24)27)33-19-3-1-17(2-4-19)13-26(39)36-11-8-20(38)9-12-36/h7,10,14-20,32,38H,1-6,8-9,11-13H2,(H,33,35)(H,30,34,40). The van der Waals surface area contributed by atoms with Crippen LogP contribution in [0.15, 0.2) is 30.7 Å². The topological polar surface area (TPSA) is 137 Å². The van der Waals surface area contributed by atoms with Crippen molar-refractivity contribution < 1.29 is 19.1 Å². The zero-order valence-corrected chi connectivity index (χ0v) is 22.4. The van der Waals surface area contributed by atoms with E-state index < -0.39 is 11.7 Å². The van der Waals surface area contributed by atoms with Crippen LogP contribution >= 0.6 is 0 Å². The largest absolute Gasteiger partial charge is 0.393 e. The number of carbonyl (C=O) groups excluding carboxylic acids is 2. The average molecular weight is 551 g/mol. The number of imidazole rings is 1. The second-order valence-electron chi connectivity index (χ2n) is 11.2. The van der Waals surface area contributed by atoms with Crippen LogP contribution in [0.1, 0.15) is 68.3 Å². The Bertz CT molecular complexity index is 1380. The normalized spacial score (nSPS) is 21.8. The van der Waals surface area contributed by atoms with Crippen LogP contribution in [-0.2, 0) is 4.79 Å². The summed E-state index contributed by atoms with van der Waals surface area (Å²) < 4.78 is 15.6. The smallest absolute Gasteiger partial charge is 0.276 e. The third-order valence-corrected chi connectivity index (χ3v) is 8.14. The van der Waals surface area contributed by atoms with Gasteiger partial charge in [-0.15, -0.1) is 5.10 Å². The number of anilines is 3. The van der Waals surface area contributed by atoms with Crippen molar-refractivity contribution in [2.75, 3.05) is 29.0 Å². The lowest BCUT2D eigenvalue weighted by Gasteiger charge is -2.33. The summed E-state index contributed by atoms with van der Waals surface area (Å²) in [6.07, 6.45) is 11.4. The van der Waals surface area contributed by atoms with Gasteiger partial charge in [0.05, 0.1) is 29.9 Å². The number of aliphatic hydroxyl groups is 1. The molecular weight excluding hydrogens is 515 g/mol. The number of aliphatic hydroxyl groups excluding tert-OH is 1. The van der Waals surface area contributed by atoms with Gasteiger partial charge >= 0.3 is 0 Å². The Labute approximate surface area is 231 Å². The number of hydrogen-bond donors (Lipinski definition) is 4. The second kappa shape index (κ2) is 11.4. The molecule has 0 atom stereocenters. The zero-order chi connectivity index (χ0) is 27.6. The molecule has 3 fully saturated rings. The van der Waals surface area contributed by atoms with Gasteiger partial charge in [0.25, 0.3) is 5.91 Å². The molecule has 212 valence electrons. The number of aromatic nitrogens is 4. The van der Waals surface area contributed by atoms with Crippen molar-refractivity contribution in [3.63, 3.8) is 0 Å². The van der Waals surface area contributed by atoms with Gasteiger partial charge in [0.1, 0.15) is 5.82 Å². The minimum atomic E-state index is -0.622. The van der Waals surface area contributed by atoms with E-state index in [9.17, 15) is 19.1 Å². The number of likely N-dealkylation sites (tertiary alicyclic amines) is 1. The van der Waals surface area contributed by atoms with Crippen LogP contribution in [0.5, 0.6) is 0 Å². The molecule has 4 heterocycles. The molecule has 3 aromatic heterocycles. The van der Waals surface area contributed by atoms with Gasteiger partial charge < -0.3 is 26.0 Å². The minimum absolute atomic E-state index is 0.0358. The summed E-state index contributed by atoms with van der Waals surface area (Å²) in [5.41, 5.74) is 1.56. The van der Waals surface area contributed by atoms with Gasteiger partial charge in [-0.1, -0.05) is 0 Å². The quantitative estimate of drug-likeness (QED) is 0.335. The first-order valence-electron chi connectivity index (χ1n) is 14.2. The van der Waals surface area contributed by atoms with Crippen molar-refractivity contribution >= 4 is 34.7 Å². The maximum atomic E-state index is 14.1. The summed E-state index contributed by atoms with van der Waals surface area (Å²) in [6, 6.07) is 3.90. The molecule has 1 aliphatic heterocycles. The molecule has 2 saturated carbocycles. The maximum absolute atomic E-state index is 14.1. The number of halogens is 1. The van der Waals surface area contributed by atoms with Gasteiger partial charge in [-0.05, 0) is 63.4 Å². The van der Waals surface area contributed by atoms with Crippen LogP contribution in [0.4, 0.5) is 21.6 Å². The van der Waals surface area contributed by atoms with E-state index >= 15 is 0 Å². The van der Waals surface area contributed by atoms with E-state index in [1.807, 2.05) is 11.0 Å². The number of nitrogens with one attached hydrogen (secondary N) is 3. The highest BCUT2D eigenvalue weighted by atomic mass is 19.1. The Hall–Kier alpha value is -3.80. The number of nitrogens with zero attached hydrogens (tertiary/aromatic N) is 5. The Morgan fingerprint density at radius 3 is 2.42 bits per heavy atom. The van der Waals surface area contributed by atoms with E-state index in [0.29, 0.717) is 55.8 Å². The molecule has 40 heavy (non-hydrogen) atoms. The first-order chi connectivity index (χ1) is 19.4. The second-order valence-corrected chi connectivity index (χ2v) is 11.2. The first-order valence-corrected chi connectivity index (χ1v) is 14.2. The van der Waals surface area contributed by atoms with E-state index in [1.54, 1.807) is 0 Å². The number of hydrogen-bond acceptors (Lipinski definition) is 8. The van der Waals surface area contributed by atoms with E-state index in [1.165, 1.54) is 23.0 Å². The highest BCUT2D eigenvalue weighted by Gasteiger charge is 2.28. The lowest BCUT2D eigenvalue weighted by molar-refractivity contribution is -0.134. The highest BCUT2D eigenvalue weighted by molar-refractivity contribution is 6.03. The summed E-state index contributed by atoms with van der Waals surface area (Å²) in [7, 11) is 0. The molecule has 0 spiro atoms. The number of pyridine rings is 1. The number of piperidine rings is 1. The van der Waals surface area contributed by atoms with Crippen LogP contribution < -0.4 is 16.0 Å². The minimum Gasteiger partial charge on any atom is -0.393 e. The number of amides is 2. The van der Waals surface area contributed by atoms with E-state index in [-0.39, 0.29) is 29.4 Å². The van der Waals surface area contributed by atoms with Crippen molar-refractivity contribution in [2.45, 2.75) is 76.0 Å².